The van der Waals surface area contributed by atoms with Crippen LogP contribution in [-0.2, 0) is 9.59 Å². The predicted molar refractivity (Wildman–Crippen MR) is 48.7 cm³/mol. The Kier molecular flexibility index (Phi) is 12.1. The van der Waals surface area contributed by atoms with Crippen molar-refractivity contribution >= 4 is 11.9 Å². The van der Waals surface area contributed by atoms with Gasteiger partial charge < -0.3 is 15.5 Å². The van der Waals surface area contributed by atoms with E-state index in [0.717, 1.165) is 13.8 Å². The van der Waals surface area contributed by atoms with E-state index in [0.29, 0.717) is 0 Å². The number of nitrogens with one attached hydrogen (secondary N) is 1. The van der Waals surface area contributed by atoms with E-state index >= 15 is 0 Å². The van der Waals surface area contributed by atoms with Crippen LogP contribution < -0.4 is 5.32 Å². The quantitative estimate of drug-likeness (QED) is 0.520. The van der Waals surface area contributed by atoms with Gasteiger partial charge in [-0.15, -0.1) is 0 Å². The molecule has 78 valence electrons. The fourth-order valence-corrected chi connectivity index (χ4v) is 0.625. The Morgan fingerprint density at radius 3 is 1.31 bits per heavy atom. The zero-order valence-corrected chi connectivity index (χ0v) is 8.04. The van der Waals surface area contributed by atoms with Crippen LogP contribution in [0.3, 0.4) is 0 Å². The monoisotopic (exact) mass is 191 g/mol. The Morgan fingerprint density at radius 2 is 1.23 bits per heavy atom. The topological polar surface area (TPSA) is 86.6 Å². The van der Waals surface area contributed by atoms with Crippen LogP contribution in [-0.4, -0.2) is 35.2 Å². The smallest absolute Gasteiger partial charge is 0.300 e. The van der Waals surface area contributed by atoms with Crippen molar-refractivity contribution in [2.45, 2.75) is 26.7 Å². The van der Waals surface area contributed by atoms with E-state index in [1.54, 1.807) is 0 Å². The van der Waals surface area contributed by atoms with Crippen LogP contribution in [0.4, 0.5) is 0 Å². The largest absolute Gasteiger partial charge is 0.481 e. The molecule has 0 atom stereocenters. The number of hydrogen-bond donors (Lipinski definition) is 3. The number of carboxylic acid groups (broad SMARTS) is 2. The maximum atomic E-state index is 9.00. The van der Waals surface area contributed by atoms with Gasteiger partial charge in [-0.25, -0.2) is 0 Å². The molecule has 1 fully saturated rings. The first-order valence-corrected chi connectivity index (χ1v) is 4.06. The first kappa shape index (κ1) is 14.4. The van der Waals surface area contributed by atoms with Gasteiger partial charge in [0.05, 0.1) is 0 Å². The van der Waals surface area contributed by atoms with E-state index in [4.69, 9.17) is 19.8 Å². The van der Waals surface area contributed by atoms with Crippen molar-refractivity contribution in [3.8, 4) is 0 Å². The molecule has 1 rings (SSSR count). The summed E-state index contributed by atoms with van der Waals surface area (Å²) in [6.07, 6.45) is 2.78. The summed E-state index contributed by atoms with van der Waals surface area (Å²) >= 11 is 0. The average molecular weight is 191 g/mol. The van der Waals surface area contributed by atoms with Gasteiger partial charge in [-0.3, -0.25) is 9.59 Å². The summed E-state index contributed by atoms with van der Waals surface area (Å²) in [6.45, 7) is 4.67. The summed E-state index contributed by atoms with van der Waals surface area (Å²) in [5.74, 6) is -1.67. The zero-order valence-electron chi connectivity index (χ0n) is 8.04. The maximum absolute atomic E-state index is 9.00. The summed E-state index contributed by atoms with van der Waals surface area (Å²) in [5.41, 5.74) is 0. The Morgan fingerprint density at radius 1 is 1.00 bits per heavy atom. The van der Waals surface area contributed by atoms with Gasteiger partial charge in [0.1, 0.15) is 0 Å². The third-order valence-corrected chi connectivity index (χ3v) is 0.957. The highest BCUT2D eigenvalue weighted by atomic mass is 16.4. The first-order chi connectivity index (χ1) is 5.96. The Bertz CT molecular complexity index is 115. The molecule has 0 aromatic rings. The molecule has 0 aliphatic carbocycles. The van der Waals surface area contributed by atoms with Gasteiger partial charge >= 0.3 is 0 Å². The van der Waals surface area contributed by atoms with Crippen LogP contribution in [0.5, 0.6) is 0 Å². The molecule has 3 N–H and O–H groups in total. The minimum absolute atomic E-state index is 0.833. The molecule has 1 aliphatic rings. The molecule has 0 aromatic heterocycles. The van der Waals surface area contributed by atoms with Gasteiger partial charge in [0.15, 0.2) is 0 Å². The number of aliphatic carboxylic acids is 2. The van der Waals surface area contributed by atoms with Gasteiger partial charge in [0, 0.05) is 13.8 Å². The van der Waals surface area contributed by atoms with E-state index < -0.39 is 11.9 Å². The zero-order chi connectivity index (χ0) is 10.7. The molecule has 0 saturated carbocycles. The fraction of sp³-hybridized carbons (Fsp3) is 0.750. The molecule has 1 aliphatic heterocycles. The van der Waals surface area contributed by atoms with Gasteiger partial charge in [0.25, 0.3) is 11.9 Å². The minimum atomic E-state index is -0.833. The summed E-state index contributed by atoms with van der Waals surface area (Å²) in [7, 11) is 0. The summed E-state index contributed by atoms with van der Waals surface area (Å²) in [4.78, 5) is 18.0. The normalized spacial score (nSPS) is 13.1. The third-order valence-electron chi connectivity index (χ3n) is 0.957. The number of carbonyl (C=O) groups is 2. The summed E-state index contributed by atoms with van der Waals surface area (Å²) < 4.78 is 0. The molecule has 0 radical (unpaired) electrons. The van der Waals surface area contributed by atoms with E-state index in [2.05, 4.69) is 5.32 Å². The maximum Gasteiger partial charge on any atom is 0.300 e. The van der Waals surface area contributed by atoms with Crippen molar-refractivity contribution in [3.05, 3.63) is 0 Å². The second kappa shape index (κ2) is 10.9. The third kappa shape index (κ3) is 56.8. The van der Waals surface area contributed by atoms with Crippen LogP contribution >= 0.6 is 0 Å². The number of hydrogen-bond acceptors (Lipinski definition) is 3. The van der Waals surface area contributed by atoms with E-state index in [1.165, 1.54) is 25.9 Å². The molecule has 5 nitrogen and oxygen atoms in total. The van der Waals surface area contributed by atoms with Crippen molar-refractivity contribution in [2.24, 2.45) is 0 Å². The lowest BCUT2D eigenvalue weighted by Crippen LogP contribution is -2.03. The van der Waals surface area contributed by atoms with Crippen molar-refractivity contribution in [1.29, 1.82) is 0 Å². The van der Waals surface area contributed by atoms with Crippen LogP contribution in [0, 0.1) is 0 Å². The van der Waals surface area contributed by atoms with E-state index in [-0.39, 0.29) is 0 Å². The lowest BCUT2D eigenvalue weighted by molar-refractivity contribution is -0.135. The highest BCUT2D eigenvalue weighted by Gasteiger charge is 1.93. The molecule has 0 amide bonds. The first-order valence-electron chi connectivity index (χ1n) is 4.06. The van der Waals surface area contributed by atoms with Crippen molar-refractivity contribution < 1.29 is 19.8 Å². The van der Waals surface area contributed by atoms with Gasteiger partial charge in [-0.2, -0.15) is 0 Å². The van der Waals surface area contributed by atoms with Crippen molar-refractivity contribution in [3.63, 3.8) is 0 Å². The van der Waals surface area contributed by atoms with Crippen LogP contribution in [0.2, 0.25) is 0 Å². The van der Waals surface area contributed by atoms with Crippen LogP contribution in [0.15, 0.2) is 0 Å². The average Bonchev–Trinajstić information content (AvgIpc) is 2.35. The second-order valence-electron chi connectivity index (χ2n) is 2.50. The number of rotatable bonds is 0. The molecular formula is C8H17NO4. The van der Waals surface area contributed by atoms with Crippen molar-refractivity contribution in [1.82, 2.24) is 5.32 Å². The molecule has 5 heteroatoms. The fourth-order valence-electron chi connectivity index (χ4n) is 0.625. The molecule has 1 saturated heterocycles. The highest BCUT2D eigenvalue weighted by Crippen LogP contribution is 1.90. The predicted octanol–water partition coefficient (Wildman–Crippen LogP) is 0.552. The van der Waals surface area contributed by atoms with E-state index in [9.17, 15) is 0 Å². The highest BCUT2D eigenvalue weighted by molar-refractivity contribution is 5.63. The molecule has 1 heterocycles. The standard InChI is InChI=1S/C4H9N.2C2H4O2/c1-2-4-5-3-1;2*1-2(3)4/h5H,1-4H2;2*1H3,(H,3,4). The molecule has 0 spiro atoms. The Labute approximate surface area is 77.8 Å². The Balaban J connectivity index is 0. The summed E-state index contributed by atoms with van der Waals surface area (Å²) in [6, 6.07) is 0. The Hall–Kier alpha value is -1.10. The van der Waals surface area contributed by atoms with Crippen LogP contribution in [0.25, 0.3) is 0 Å². The lowest BCUT2D eigenvalue weighted by atomic mass is 10.4. The van der Waals surface area contributed by atoms with Crippen molar-refractivity contribution in [2.75, 3.05) is 13.1 Å². The molecule has 0 bridgehead atoms. The van der Waals surface area contributed by atoms with Gasteiger partial charge in [-0.1, -0.05) is 0 Å². The molecule has 0 aromatic carbocycles. The van der Waals surface area contributed by atoms with Gasteiger partial charge in [-0.05, 0) is 25.9 Å². The lowest BCUT2D eigenvalue weighted by Gasteiger charge is -1.76. The summed E-state index contributed by atoms with van der Waals surface area (Å²) in [5, 5.41) is 18.1. The van der Waals surface area contributed by atoms with E-state index in [1.807, 2.05) is 0 Å². The molecule has 0 unspecified atom stereocenters. The SMILES string of the molecule is C1CCNC1.CC(=O)O.CC(=O)O. The second-order valence-corrected chi connectivity index (χ2v) is 2.50. The molecule has 13 heavy (non-hydrogen) atoms. The van der Waals surface area contributed by atoms with Crippen LogP contribution in [0.1, 0.15) is 26.7 Å². The molecular weight excluding hydrogens is 174 g/mol. The number of carboxylic acids is 2. The minimum Gasteiger partial charge on any atom is -0.481 e. The van der Waals surface area contributed by atoms with Gasteiger partial charge in [0.2, 0.25) is 0 Å².